The van der Waals surface area contributed by atoms with Crippen LogP contribution >= 0.6 is 0 Å². The molecule has 1 aromatic heterocycles. The van der Waals surface area contributed by atoms with E-state index in [0.717, 1.165) is 0 Å². The first-order chi connectivity index (χ1) is 4.77. The van der Waals surface area contributed by atoms with Gasteiger partial charge in [0.25, 0.3) is 0 Å². The maximum Gasteiger partial charge on any atom is 0.210 e. The van der Waals surface area contributed by atoms with Crippen molar-refractivity contribution in [2.45, 2.75) is 13.5 Å². The summed E-state index contributed by atoms with van der Waals surface area (Å²) < 4.78 is 1.36. The van der Waals surface area contributed by atoms with Gasteiger partial charge in [-0.15, -0.1) is 0 Å². The van der Waals surface area contributed by atoms with Crippen LogP contribution in [0, 0.1) is 11.3 Å². The molecule has 0 aliphatic heterocycles. The zero-order valence-electron chi connectivity index (χ0n) is 5.57. The molecule has 0 aliphatic rings. The Morgan fingerprint density at radius 2 is 2.60 bits per heavy atom. The first-order valence-corrected chi connectivity index (χ1v) is 2.95. The van der Waals surface area contributed by atoms with Crippen LogP contribution in [0.5, 0.6) is 5.88 Å². The van der Waals surface area contributed by atoms with Gasteiger partial charge in [-0.3, -0.25) is 0 Å². The number of hydrogen-bond acceptors (Lipinski definition) is 3. The van der Waals surface area contributed by atoms with Gasteiger partial charge in [-0.2, -0.15) is 10.4 Å². The van der Waals surface area contributed by atoms with E-state index < -0.39 is 0 Å². The molecule has 1 heterocycles. The topological polar surface area (TPSA) is 61.8 Å². The Morgan fingerprint density at radius 1 is 1.90 bits per heavy atom. The average molecular weight is 137 g/mol. The molecule has 0 amide bonds. The van der Waals surface area contributed by atoms with E-state index in [1.807, 2.05) is 13.0 Å². The first-order valence-electron chi connectivity index (χ1n) is 2.95. The smallest absolute Gasteiger partial charge is 0.210 e. The van der Waals surface area contributed by atoms with Gasteiger partial charge in [0.15, 0.2) is 5.69 Å². The van der Waals surface area contributed by atoms with Crippen LogP contribution < -0.4 is 0 Å². The maximum atomic E-state index is 9.01. The van der Waals surface area contributed by atoms with Gasteiger partial charge in [-0.25, -0.2) is 4.68 Å². The van der Waals surface area contributed by atoms with Crippen molar-refractivity contribution in [1.29, 1.82) is 5.26 Å². The molecule has 0 saturated carbocycles. The van der Waals surface area contributed by atoms with Gasteiger partial charge in [0.1, 0.15) is 6.07 Å². The molecule has 0 saturated heterocycles. The second-order valence-corrected chi connectivity index (χ2v) is 1.82. The Hall–Kier alpha value is -1.50. The fraction of sp³-hybridized carbons (Fsp3) is 0.333. The second-order valence-electron chi connectivity index (χ2n) is 1.82. The van der Waals surface area contributed by atoms with Crippen molar-refractivity contribution >= 4 is 0 Å². The third-order valence-corrected chi connectivity index (χ3v) is 1.17. The summed E-state index contributed by atoms with van der Waals surface area (Å²) in [7, 11) is 0. The molecule has 0 radical (unpaired) electrons. The van der Waals surface area contributed by atoms with Crippen molar-refractivity contribution < 1.29 is 5.11 Å². The molecule has 0 bridgehead atoms. The molecule has 4 heteroatoms. The molecule has 0 atom stereocenters. The SMILES string of the molecule is CCn1nc(C#N)cc1O. The van der Waals surface area contributed by atoms with Gasteiger partial charge < -0.3 is 5.11 Å². The summed E-state index contributed by atoms with van der Waals surface area (Å²) in [6.45, 7) is 2.42. The number of nitrogens with zero attached hydrogens (tertiary/aromatic N) is 3. The molecule has 0 unspecified atom stereocenters. The molecule has 1 N–H and O–H groups in total. The molecule has 0 aromatic carbocycles. The monoisotopic (exact) mass is 137 g/mol. The van der Waals surface area contributed by atoms with Crippen molar-refractivity contribution in [3.8, 4) is 11.9 Å². The largest absolute Gasteiger partial charge is 0.493 e. The minimum absolute atomic E-state index is 0.0408. The fourth-order valence-electron chi connectivity index (χ4n) is 0.694. The van der Waals surface area contributed by atoms with Crippen LogP contribution in [0.25, 0.3) is 0 Å². The molecule has 10 heavy (non-hydrogen) atoms. The Balaban J connectivity index is 3.07. The Labute approximate surface area is 58.3 Å². The Bertz CT molecular complexity index is 271. The highest BCUT2D eigenvalue weighted by molar-refractivity contribution is 5.24. The molecular formula is C6H7N3O. The molecular weight excluding hydrogens is 130 g/mol. The van der Waals surface area contributed by atoms with Crippen LogP contribution in [0.1, 0.15) is 12.6 Å². The van der Waals surface area contributed by atoms with E-state index in [0.29, 0.717) is 6.54 Å². The van der Waals surface area contributed by atoms with Gasteiger partial charge >= 0.3 is 0 Å². The molecule has 52 valence electrons. The normalized spacial score (nSPS) is 9.20. The number of aromatic nitrogens is 2. The van der Waals surface area contributed by atoms with Crippen molar-refractivity contribution in [2.75, 3.05) is 0 Å². The van der Waals surface area contributed by atoms with Crippen LogP contribution in [0.3, 0.4) is 0 Å². The number of aryl methyl sites for hydroxylation is 1. The van der Waals surface area contributed by atoms with Crippen LogP contribution in [0.2, 0.25) is 0 Å². The molecule has 0 spiro atoms. The predicted octanol–water partition coefficient (Wildman–Crippen LogP) is 0.480. The highest BCUT2D eigenvalue weighted by Gasteiger charge is 2.01. The molecule has 0 aliphatic carbocycles. The number of aromatic hydroxyl groups is 1. The lowest BCUT2D eigenvalue weighted by molar-refractivity contribution is 0.405. The number of hydrogen-bond donors (Lipinski definition) is 1. The minimum Gasteiger partial charge on any atom is -0.493 e. The summed E-state index contributed by atoms with van der Waals surface area (Å²) in [4.78, 5) is 0. The molecule has 0 fully saturated rings. The van der Waals surface area contributed by atoms with E-state index in [1.54, 1.807) is 0 Å². The van der Waals surface area contributed by atoms with E-state index in [2.05, 4.69) is 5.10 Å². The highest BCUT2D eigenvalue weighted by atomic mass is 16.3. The van der Waals surface area contributed by atoms with Gasteiger partial charge in [-0.1, -0.05) is 0 Å². The van der Waals surface area contributed by atoms with Crippen LogP contribution in [0.4, 0.5) is 0 Å². The Morgan fingerprint density at radius 3 is 2.90 bits per heavy atom. The molecule has 1 rings (SSSR count). The van der Waals surface area contributed by atoms with Gasteiger partial charge in [0.05, 0.1) is 0 Å². The highest BCUT2D eigenvalue weighted by Crippen LogP contribution is 2.09. The number of rotatable bonds is 1. The van der Waals surface area contributed by atoms with Crippen molar-refractivity contribution in [3.63, 3.8) is 0 Å². The summed E-state index contributed by atoms with van der Waals surface area (Å²) in [5, 5.41) is 21.1. The van der Waals surface area contributed by atoms with E-state index in [9.17, 15) is 0 Å². The third kappa shape index (κ3) is 0.935. The Kier molecular flexibility index (Phi) is 1.59. The van der Waals surface area contributed by atoms with Crippen LogP contribution in [0.15, 0.2) is 6.07 Å². The summed E-state index contributed by atoms with van der Waals surface area (Å²) in [6, 6.07) is 3.17. The van der Waals surface area contributed by atoms with Gasteiger partial charge in [-0.05, 0) is 6.92 Å². The lowest BCUT2D eigenvalue weighted by atomic mass is 10.5. The van der Waals surface area contributed by atoms with Gasteiger partial charge in [0, 0.05) is 12.6 Å². The summed E-state index contributed by atoms with van der Waals surface area (Å²) in [5.74, 6) is 0.0408. The van der Waals surface area contributed by atoms with E-state index >= 15 is 0 Å². The van der Waals surface area contributed by atoms with E-state index in [1.165, 1.54) is 10.7 Å². The second kappa shape index (κ2) is 2.40. The van der Waals surface area contributed by atoms with Gasteiger partial charge in [0.2, 0.25) is 5.88 Å². The van der Waals surface area contributed by atoms with Crippen molar-refractivity contribution in [3.05, 3.63) is 11.8 Å². The summed E-state index contributed by atoms with van der Waals surface area (Å²) in [6.07, 6.45) is 0. The molecule has 4 nitrogen and oxygen atoms in total. The zero-order chi connectivity index (χ0) is 7.56. The fourth-order valence-corrected chi connectivity index (χ4v) is 0.694. The number of nitriles is 1. The van der Waals surface area contributed by atoms with Crippen molar-refractivity contribution in [1.82, 2.24) is 9.78 Å². The standard InChI is InChI=1S/C6H7N3O/c1-2-9-6(10)3-5(4-7)8-9/h3,10H,2H2,1H3. The van der Waals surface area contributed by atoms with E-state index in [-0.39, 0.29) is 11.6 Å². The zero-order valence-corrected chi connectivity index (χ0v) is 5.57. The van der Waals surface area contributed by atoms with Crippen LogP contribution in [-0.2, 0) is 6.54 Å². The van der Waals surface area contributed by atoms with Crippen LogP contribution in [-0.4, -0.2) is 14.9 Å². The van der Waals surface area contributed by atoms with E-state index in [4.69, 9.17) is 10.4 Å². The lowest BCUT2D eigenvalue weighted by Crippen LogP contribution is -1.95. The summed E-state index contributed by atoms with van der Waals surface area (Å²) in [5.41, 5.74) is 0.249. The maximum absolute atomic E-state index is 9.01. The minimum atomic E-state index is 0.0408. The molecule has 1 aromatic rings. The first kappa shape index (κ1) is 6.62. The average Bonchev–Trinajstić information content (AvgIpc) is 2.30. The van der Waals surface area contributed by atoms with Crippen molar-refractivity contribution in [2.24, 2.45) is 0 Å². The predicted molar refractivity (Wildman–Crippen MR) is 34.3 cm³/mol. The quantitative estimate of drug-likeness (QED) is 0.612. The summed E-state index contributed by atoms with van der Waals surface area (Å²) >= 11 is 0. The lowest BCUT2D eigenvalue weighted by Gasteiger charge is -1.93. The third-order valence-electron chi connectivity index (χ3n) is 1.17.